The number of nitrogens with zero attached hydrogens (tertiary/aromatic N) is 4. The minimum absolute atomic E-state index is 0.108. The molecule has 9 heteroatoms. The Kier molecular flexibility index (Phi) is 6.46. The van der Waals surface area contributed by atoms with Crippen molar-refractivity contribution in [1.29, 1.82) is 0 Å². The monoisotopic (exact) mass is 449 g/mol. The van der Waals surface area contributed by atoms with Crippen LogP contribution in [0.3, 0.4) is 0 Å². The molecule has 2 heterocycles. The second-order valence-electron chi connectivity index (χ2n) is 6.98. The van der Waals surface area contributed by atoms with Gasteiger partial charge in [0.15, 0.2) is 0 Å². The number of hydrogen-bond acceptors (Lipinski definition) is 7. The normalized spacial score (nSPS) is 10.7. The second kappa shape index (κ2) is 9.61. The maximum absolute atomic E-state index is 13.4. The Morgan fingerprint density at radius 2 is 1.75 bits per heavy atom. The number of ether oxygens (including phenoxy) is 2. The van der Waals surface area contributed by atoms with Gasteiger partial charge in [0.2, 0.25) is 11.0 Å². The zero-order chi connectivity index (χ0) is 22.5. The van der Waals surface area contributed by atoms with Crippen molar-refractivity contribution >= 4 is 23.3 Å². The fraction of sp³-hybridized carbons (Fsp3) is 0.174. The molecular formula is C23H23N5O3S. The standard InChI is InChI=1S/C23H23N5O3S/c1-16-6-11-20(31-3)19(14-16)24-21-22(29)28(27-12-4-5-13-27)23(26-25-21)32-15-17-7-9-18(30-2)10-8-17/h4-14H,15H2,1-3H3,(H,24,25). The molecule has 4 aromatic rings. The number of aryl methyl sites for hydroxylation is 1. The zero-order valence-electron chi connectivity index (χ0n) is 18.0. The number of aromatic nitrogens is 4. The van der Waals surface area contributed by atoms with E-state index in [1.165, 1.54) is 16.4 Å². The van der Waals surface area contributed by atoms with Crippen LogP contribution in [0.1, 0.15) is 11.1 Å². The molecule has 0 aliphatic heterocycles. The fourth-order valence-electron chi connectivity index (χ4n) is 3.11. The largest absolute Gasteiger partial charge is 0.497 e. The van der Waals surface area contributed by atoms with Gasteiger partial charge in [0, 0.05) is 18.1 Å². The van der Waals surface area contributed by atoms with Gasteiger partial charge in [0.05, 0.1) is 19.9 Å². The lowest BCUT2D eigenvalue weighted by atomic mass is 10.2. The molecule has 2 aromatic carbocycles. The Labute approximate surface area is 189 Å². The van der Waals surface area contributed by atoms with Gasteiger partial charge in [-0.2, -0.15) is 4.68 Å². The molecule has 0 bridgehead atoms. The first-order valence-electron chi connectivity index (χ1n) is 9.90. The lowest BCUT2D eigenvalue weighted by Gasteiger charge is -2.15. The fourth-order valence-corrected chi connectivity index (χ4v) is 4.00. The van der Waals surface area contributed by atoms with Crippen LogP contribution in [0, 0.1) is 6.92 Å². The molecule has 1 N–H and O–H groups in total. The summed E-state index contributed by atoms with van der Waals surface area (Å²) in [5.41, 5.74) is 2.43. The number of thioether (sulfide) groups is 1. The molecule has 0 spiro atoms. The van der Waals surface area contributed by atoms with E-state index in [9.17, 15) is 4.79 Å². The minimum atomic E-state index is -0.322. The lowest BCUT2D eigenvalue weighted by Crippen LogP contribution is -2.30. The lowest BCUT2D eigenvalue weighted by molar-refractivity contribution is 0.414. The van der Waals surface area contributed by atoms with E-state index in [2.05, 4.69) is 15.5 Å². The molecule has 0 fully saturated rings. The summed E-state index contributed by atoms with van der Waals surface area (Å²) in [7, 11) is 3.22. The van der Waals surface area contributed by atoms with Gasteiger partial charge in [-0.15, -0.1) is 10.2 Å². The van der Waals surface area contributed by atoms with E-state index < -0.39 is 0 Å². The van der Waals surface area contributed by atoms with E-state index in [4.69, 9.17) is 9.47 Å². The van der Waals surface area contributed by atoms with Crippen LogP contribution in [-0.2, 0) is 5.75 Å². The number of hydrogen-bond donors (Lipinski definition) is 1. The highest BCUT2D eigenvalue weighted by molar-refractivity contribution is 7.98. The molecule has 0 aliphatic rings. The van der Waals surface area contributed by atoms with Crippen LogP contribution in [0.4, 0.5) is 11.5 Å². The molecule has 32 heavy (non-hydrogen) atoms. The van der Waals surface area contributed by atoms with E-state index >= 15 is 0 Å². The van der Waals surface area contributed by atoms with Crippen LogP contribution in [0.25, 0.3) is 0 Å². The summed E-state index contributed by atoms with van der Waals surface area (Å²) < 4.78 is 13.8. The number of methoxy groups -OCH3 is 2. The molecule has 4 rings (SSSR count). The third-order valence-corrected chi connectivity index (χ3v) is 5.76. The van der Waals surface area contributed by atoms with Crippen LogP contribution in [0.15, 0.2) is 76.9 Å². The Hall–Kier alpha value is -3.72. The summed E-state index contributed by atoms with van der Waals surface area (Å²) in [6.07, 6.45) is 3.58. The van der Waals surface area contributed by atoms with E-state index in [0.717, 1.165) is 16.9 Å². The summed E-state index contributed by atoms with van der Waals surface area (Å²) >= 11 is 1.43. The third-order valence-electron chi connectivity index (χ3n) is 4.77. The van der Waals surface area contributed by atoms with Gasteiger partial charge in [-0.05, 0) is 54.4 Å². The maximum Gasteiger partial charge on any atom is 0.316 e. The Morgan fingerprint density at radius 1 is 1.00 bits per heavy atom. The Balaban J connectivity index is 1.67. The zero-order valence-corrected chi connectivity index (χ0v) is 18.8. The number of rotatable bonds is 8. The quantitative estimate of drug-likeness (QED) is 0.405. The van der Waals surface area contributed by atoms with Gasteiger partial charge in [0.1, 0.15) is 11.5 Å². The number of benzene rings is 2. The van der Waals surface area contributed by atoms with Crippen LogP contribution < -0.4 is 20.3 Å². The van der Waals surface area contributed by atoms with Gasteiger partial charge in [0.25, 0.3) is 0 Å². The smallest absolute Gasteiger partial charge is 0.316 e. The first-order chi connectivity index (χ1) is 15.6. The van der Waals surface area contributed by atoms with Crippen LogP contribution in [0.5, 0.6) is 11.5 Å². The number of anilines is 2. The van der Waals surface area contributed by atoms with Crippen molar-refractivity contribution in [2.24, 2.45) is 0 Å². The number of nitrogens with one attached hydrogen (secondary N) is 1. The molecule has 0 atom stereocenters. The van der Waals surface area contributed by atoms with Gasteiger partial charge in [-0.25, -0.2) is 0 Å². The topological polar surface area (TPSA) is 83.2 Å². The van der Waals surface area contributed by atoms with Crippen LogP contribution in [0.2, 0.25) is 0 Å². The average Bonchev–Trinajstić information content (AvgIpc) is 3.34. The van der Waals surface area contributed by atoms with Gasteiger partial charge < -0.3 is 14.8 Å². The molecule has 0 radical (unpaired) electrons. The van der Waals surface area contributed by atoms with Crippen molar-refractivity contribution in [3.63, 3.8) is 0 Å². The van der Waals surface area contributed by atoms with Crippen molar-refractivity contribution in [2.45, 2.75) is 17.8 Å². The van der Waals surface area contributed by atoms with E-state index in [0.29, 0.717) is 22.3 Å². The third kappa shape index (κ3) is 4.62. The van der Waals surface area contributed by atoms with Crippen molar-refractivity contribution in [3.8, 4) is 11.5 Å². The molecule has 8 nitrogen and oxygen atoms in total. The predicted octanol–water partition coefficient (Wildman–Crippen LogP) is 4.11. The van der Waals surface area contributed by atoms with E-state index in [-0.39, 0.29) is 11.4 Å². The van der Waals surface area contributed by atoms with E-state index in [1.54, 1.807) is 31.3 Å². The SMILES string of the molecule is COc1ccc(CSc2nnc(Nc3cc(C)ccc3OC)c(=O)n2-n2cccc2)cc1. The molecular weight excluding hydrogens is 426 g/mol. The maximum atomic E-state index is 13.4. The van der Waals surface area contributed by atoms with Gasteiger partial charge in [-0.3, -0.25) is 9.47 Å². The highest BCUT2D eigenvalue weighted by Gasteiger charge is 2.16. The minimum Gasteiger partial charge on any atom is -0.497 e. The first kappa shape index (κ1) is 21.5. The summed E-state index contributed by atoms with van der Waals surface area (Å²) in [6, 6.07) is 17.1. The molecule has 0 amide bonds. The van der Waals surface area contributed by atoms with Gasteiger partial charge in [-0.1, -0.05) is 30.0 Å². The van der Waals surface area contributed by atoms with Gasteiger partial charge >= 0.3 is 5.56 Å². The van der Waals surface area contributed by atoms with E-state index in [1.807, 2.05) is 61.5 Å². The molecule has 0 unspecified atom stereocenters. The molecule has 0 saturated carbocycles. The first-order valence-corrected chi connectivity index (χ1v) is 10.9. The van der Waals surface area contributed by atoms with Crippen molar-refractivity contribution in [2.75, 3.05) is 19.5 Å². The van der Waals surface area contributed by atoms with Crippen molar-refractivity contribution in [3.05, 3.63) is 88.5 Å². The molecule has 164 valence electrons. The summed E-state index contributed by atoms with van der Waals surface area (Å²) in [5, 5.41) is 12.1. The highest BCUT2D eigenvalue weighted by Crippen LogP contribution is 2.27. The predicted molar refractivity (Wildman–Crippen MR) is 125 cm³/mol. The Bertz CT molecular complexity index is 1250. The summed E-state index contributed by atoms with van der Waals surface area (Å²) in [6.45, 7) is 1.97. The molecule has 0 aliphatic carbocycles. The molecule has 2 aromatic heterocycles. The van der Waals surface area contributed by atoms with Crippen LogP contribution in [-0.4, -0.2) is 33.8 Å². The van der Waals surface area contributed by atoms with Crippen LogP contribution >= 0.6 is 11.8 Å². The highest BCUT2D eigenvalue weighted by atomic mass is 32.2. The van der Waals surface area contributed by atoms with Crippen molar-refractivity contribution in [1.82, 2.24) is 19.5 Å². The summed E-state index contributed by atoms with van der Waals surface area (Å²) in [4.78, 5) is 13.4. The second-order valence-corrected chi connectivity index (χ2v) is 7.92. The van der Waals surface area contributed by atoms with Crippen molar-refractivity contribution < 1.29 is 9.47 Å². The average molecular weight is 450 g/mol. The molecule has 0 saturated heterocycles. The Morgan fingerprint density at radius 3 is 2.44 bits per heavy atom. The summed E-state index contributed by atoms with van der Waals surface area (Å²) in [5.74, 6) is 2.14.